The van der Waals surface area contributed by atoms with Crippen molar-refractivity contribution in [3.8, 4) is 0 Å². The van der Waals surface area contributed by atoms with Crippen LogP contribution < -0.4 is 11.4 Å². The molecule has 10 heteroatoms. The van der Waals surface area contributed by atoms with Crippen molar-refractivity contribution in [1.29, 1.82) is 0 Å². The quantitative estimate of drug-likeness (QED) is 0.402. The summed E-state index contributed by atoms with van der Waals surface area (Å²) in [5, 5.41) is 21.6. The summed E-state index contributed by atoms with van der Waals surface area (Å²) in [6.07, 6.45) is 0. The van der Waals surface area contributed by atoms with Gasteiger partial charge in [0, 0.05) is 51.4 Å². The number of nitrogens with two attached hydrogens (primary N) is 1. The number of hydrogen-bond acceptors (Lipinski definition) is 9. The molecular weight excluding hydrogens is 189 g/mol. The molecule has 0 saturated heterocycles. The zero-order valence-corrected chi connectivity index (χ0v) is 9.33. The van der Waals surface area contributed by atoms with Crippen molar-refractivity contribution >= 4 is 51.4 Å². The smallest absolute Gasteiger partial charge is 0.225 e. The third kappa shape index (κ3) is 1.73. The molecule has 2 aliphatic heterocycles. The summed E-state index contributed by atoms with van der Waals surface area (Å²) in [6, 6.07) is 0. The molecule has 2 heterocycles. The zero-order valence-electron chi connectivity index (χ0n) is 6.21. The Balaban J connectivity index is 0.000000720. The molecule has 0 aliphatic carbocycles. The SMILES string of the molecule is NN1NN=NC1=C1N=NN=N1.[K]. The van der Waals surface area contributed by atoms with E-state index in [0.717, 1.165) is 5.12 Å². The molecule has 2 aliphatic rings. The summed E-state index contributed by atoms with van der Waals surface area (Å²) in [7, 11) is 0. The number of hydrogen-bond donors (Lipinski definition) is 2. The van der Waals surface area contributed by atoms with E-state index in [2.05, 4.69) is 36.5 Å². The van der Waals surface area contributed by atoms with Crippen LogP contribution in [0, 0.1) is 0 Å². The van der Waals surface area contributed by atoms with Crippen LogP contribution in [0.5, 0.6) is 0 Å². The van der Waals surface area contributed by atoms with Crippen LogP contribution >= 0.6 is 0 Å². The topological polar surface area (TPSA) is 115 Å². The summed E-state index contributed by atoms with van der Waals surface area (Å²) < 4.78 is 0. The molecule has 57 valence electrons. The molecule has 0 unspecified atom stereocenters. The molecule has 2 rings (SSSR count). The van der Waals surface area contributed by atoms with Gasteiger partial charge in [-0.1, -0.05) is 5.22 Å². The minimum Gasteiger partial charge on any atom is -0.225 e. The molecule has 0 aromatic carbocycles. The van der Waals surface area contributed by atoms with E-state index >= 15 is 0 Å². The average molecular weight is 192 g/mol. The van der Waals surface area contributed by atoms with Gasteiger partial charge < -0.3 is 0 Å². The Morgan fingerprint density at radius 2 is 1.83 bits per heavy atom. The number of nitrogens with one attached hydrogen (secondary N) is 1. The van der Waals surface area contributed by atoms with Gasteiger partial charge in [-0.2, -0.15) is 10.7 Å². The van der Waals surface area contributed by atoms with Gasteiger partial charge in [-0.15, -0.1) is 15.3 Å². The van der Waals surface area contributed by atoms with Crippen LogP contribution in [-0.2, 0) is 0 Å². The first-order chi connectivity index (χ1) is 5.38. The van der Waals surface area contributed by atoms with E-state index in [9.17, 15) is 0 Å². The number of nitrogens with zero attached hydrogens (tertiary/aromatic N) is 7. The van der Waals surface area contributed by atoms with E-state index < -0.39 is 0 Å². The van der Waals surface area contributed by atoms with Gasteiger partial charge in [0.1, 0.15) is 0 Å². The van der Waals surface area contributed by atoms with Crippen LogP contribution in [-0.4, -0.2) is 56.5 Å². The van der Waals surface area contributed by atoms with Crippen molar-refractivity contribution in [2.24, 2.45) is 36.9 Å². The molecule has 0 fully saturated rings. The van der Waals surface area contributed by atoms with Crippen molar-refractivity contribution in [1.82, 2.24) is 10.7 Å². The number of hydrazine groups is 2. The van der Waals surface area contributed by atoms with E-state index in [-0.39, 0.29) is 63.0 Å². The maximum absolute atomic E-state index is 5.33. The summed E-state index contributed by atoms with van der Waals surface area (Å²) >= 11 is 0. The van der Waals surface area contributed by atoms with Crippen molar-refractivity contribution in [3.05, 3.63) is 11.6 Å². The van der Waals surface area contributed by atoms with Gasteiger partial charge in [0.25, 0.3) is 0 Å². The third-order valence-corrected chi connectivity index (χ3v) is 1.04. The van der Waals surface area contributed by atoms with Gasteiger partial charge in [0.05, 0.1) is 0 Å². The Kier molecular flexibility index (Phi) is 3.36. The fraction of sp³-hybridized carbons (Fsp3) is 0. The van der Waals surface area contributed by atoms with Crippen LogP contribution in [0.1, 0.15) is 0 Å². The minimum absolute atomic E-state index is 0. The second-order valence-electron chi connectivity index (χ2n) is 1.70. The fourth-order valence-electron chi connectivity index (χ4n) is 0.600. The van der Waals surface area contributed by atoms with Crippen molar-refractivity contribution in [2.45, 2.75) is 0 Å². The molecule has 0 atom stereocenters. The van der Waals surface area contributed by atoms with E-state index in [4.69, 9.17) is 5.84 Å². The second-order valence-corrected chi connectivity index (χ2v) is 1.70. The molecular formula is C2H3KN9. The normalized spacial score (nSPS) is 18.6. The summed E-state index contributed by atoms with van der Waals surface area (Å²) in [4.78, 5) is 0. The second kappa shape index (κ2) is 4.11. The molecule has 0 spiro atoms. The zero-order chi connectivity index (χ0) is 7.68. The van der Waals surface area contributed by atoms with Crippen LogP contribution in [0.2, 0.25) is 0 Å². The van der Waals surface area contributed by atoms with Gasteiger partial charge in [0.2, 0.25) is 11.6 Å². The standard InChI is InChI=1S/C2H3N9.K/c3-11-2(6-9-10-11)1-4-7-8-5-1;/h3H2,(H,6,10);. The average Bonchev–Trinajstić information content (AvgIpc) is 2.55. The summed E-state index contributed by atoms with van der Waals surface area (Å²) in [5.41, 5.74) is 2.35. The Bertz CT molecular complexity index is 273. The molecule has 0 aromatic heterocycles. The Morgan fingerprint density at radius 3 is 2.33 bits per heavy atom. The van der Waals surface area contributed by atoms with Crippen LogP contribution in [0.25, 0.3) is 0 Å². The van der Waals surface area contributed by atoms with Gasteiger partial charge in [-0.25, -0.2) is 5.84 Å². The molecule has 3 N–H and O–H groups in total. The van der Waals surface area contributed by atoms with E-state index in [1.54, 1.807) is 0 Å². The summed E-state index contributed by atoms with van der Waals surface area (Å²) in [5.74, 6) is 5.86. The molecule has 0 amide bonds. The summed E-state index contributed by atoms with van der Waals surface area (Å²) in [6.45, 7) is 0. The Morgan fingerprint density at radius 1 is 1.17 bits per heavy atom. The molecule has 0 aromatic rings. The van der Waals surface area contributed by atoms with Gasteiger partial charge in [0.15, 0.2) is 0 Å². The van der Waals surface area contributed by atoms with E-state index in [1.165, 1.54) is 0 Å². The van der Waals surface area contributed by atoms with Crippen molar-refractivity contribution in [3.63, 3.8) is 0 Å². The molecule has 9 nitrogen and oxygen atoms in total. The van der Waals surface area contributed by atoms with E-state index in [1.807, 2.05) is 0 Å². The third-order valence-electron chi connectivity index (χ3n) is 1.04. The predicted molar refractivity (Wildman–Crippen MR) is 36.5 cm³/mol. The first-order valence-electron chi connectivity index (χ1n) is 2.65. The van der Waals surface area contributed by atoms with Crippen LogP contribution in [0.15, 0.2) is 42.7 Å². The molecule has 0 bridgehead atoms. The van der Waals surface area contributed by atoms with Crippen molar-refractivity contribution in [2.75, 3.05) is 0 Å². The van der Waals surface area contributed by atoms with Gasteiger partial charge >= 0.3 is 0 Å². The fourth-order valence-corrected chi connectivity index (χ4v) is 0.600. The first-order valence-corrected chi connectivity index (χ1v) is 2.65. The maximum Gasteiger partial charge on any atom is 0.247 e. The monoisotopic (exact) mass is 192 g/mol. The first kappa shape index (κ1) is 9.82. The Hall–Kier alpha value is -0.264. The minimum atomic E-state index is 0. The largest absolute Gasteiger partial charge is 0.247 e. The number of rotatable bonds is 0. The predicted octanol–water partition coefficient (Wildman–Crippen LogP) is -0.374. The Labute approximate surface area is 109 Å². The van der Waals surface area contributed by atoms with Crippen molar-refractivity contribution < 1.29 is 0 Å². The van der Waals surface area contributed by atoms with E-state index in [0.29, 0.717) is 0 Å². The van der Waals surface area contributed by atoms with Gasteiger partial charge in [-0.3, -0.25) is 0 Å². The maximum atomic E-state index is 5.33. The molecule has 0 saturated carbocycles. The van der Waals surface area contributed by atoms with Crippen LogP contribution in [0.3, 0.4) is 0 Å². The molecule has 12 heavy (non-hydrogen) atoms. The van der Waals surface area contributed by atoms with Crippen LogP contribution in [0.4, 0.5) is 0 Å². The van der Waals surface area contributed by atoms with Gasteiger partial charge in [-0.05, 0) is 10.4 Å². The molecule has 1 radical (unpaired) electrons.